The summed E-state index contributed by atoms with van der Waals surface area (Å²) in [6.45, 7) is 0. The van der Waals surface area contributed by atoms with Gasteiger partial charge in [-0.2, -0.15) is 5.26 Å². The lowest BCUT2D eigenvalue weighted by molar-refractivity contribution is 1.34. The highest BCUT2D eigenvalue weighted by Crippen LogP contribution is 2.25. The van der Waals surface area contributed by atoms with Crippen LogP contribution in [0.1, 0.15) is 11.1 Å². The third-order valence-corrected chi connectivity index (χ3v) is 3.34. The van der Waals surface area contributed by atoms with E-state index in [0.29, 0.717) is 15.9 Å². The lowest BCUT2D eigenvalue weighted by Gasteiger charge is -2.03. The molecule has 0 aromatic heterocycles. The number of hydrogen-bond acceptors (Lipinski definition) is 1. The van der Waals surface area contributed by atoms with Crippen molar-refractivity contribution >= 4 is 50.1 Å². The molecule has 1 rings (SSSR count). The Morgan fingerprint density at radius 3 is 2.67 bits per heavy atom. The molecule has 0 atom stereocenters. The number of alkyl halides is 1. The van der Waals surface area contributed by atoms with Gasteiger partial charge in [0.2, 0.25) is 0 Å². The molecule has 0 saturated heterocycles. The van der Waals surface area contributed by atoms with Gasteiger partial charge in [-0.25, -0.2) is 0 Å². The number of benzene rings is 1. The van der Waals surface area contributed by atoms with E-state index in [1.807, 2.05) is 6.07 Å². The molecule has 0 fully saturated rings. The van der Waals surface area contributed by atoms with E-state index >= 15 is 0 Å². The van der Waals surface area contributed by atoms with Gasteiger partial charge in [-0.1, -0.05) is 27.5 Å². The molecule has 0 N–H and O–H groups in total. The average Bonchev–Trinajstić information content (AvgIpc) is 2.08. The summed E-state index contributed by atoms with van der Waals surface area (Å²) in [5, 5.41) is 9.98. The van der Waals surface area contributed by atoms with Crippen LogP contribution in [0.5, 0.6) is 0 Å². The van der Waals surface area contributed by atoms with Crippen LogP contribution in [0.2, 0.25) is 5.02 Å². The summed E-state index contributed by atoms with van der Waals surface area (Å²) in [5.41, 5.74) is 1.53. The third-order valence-electron chi connectivity index (χ3n) is 1.45. The molecule has 0 aliphatic rings. The summed E-state index contributed by atoms with van der Waals surface area (Å²) < 4.78 is 1.06. The van der Waals surface area contributed by atoms with Crippen LogP contribution in [0.4, 0.5) is 0 Å². The molecule has 0 aliphatic carbocycles. The molecule has 0 saturated carbocycles. The highest BCUT2D eigenvalue weighted by Gasteiger charge is 2.08. The maximum atomic E-state index is 8.80. The van der Waals surface area contributed by atoms with E-state index < -0.39 is 0 Å². The lowest BCUT2D eigenvalue weighted by Crippen LogP contribution is -1.91. The SMILES string of the molecule is N#Cc1c(Cl)ccc(I)c1CBr. The molecule has 1 aromatic rings. The van der Waals surface area contributed by atoms with Gasteiger partial charge in [0.15, 0.2) is 0 Å². The van der Waals surface area contributed by atoms with E-state index in [1.165, 1.54) is 0 Å². The average molecular weight is 356 g/mol. The molecule has 0 unspecified atom stereocenters. The molecule has 0 radical (unpaired) electrons. The zero-order valence-electron chi connectivity index (χ0n) is 5.94. The minimum Gasteiger partial charge on any atom is -0.192 e. The van der Waals surface area contributed by atoms with Crippen LogP contribution in [0.3, 0.4) is 0 Å². The van der Waals surface area contributed by atoms with Crippen LogP contribution in [-0.2, 0) is 5.33 Å². The maximum absolute atomic E-state index is 8.80. The van der Waals surface area contributed by atoms with Crippen molar-refractivity contribution in [3.05, 3.63) is 31.9 Å². The fourth-order valence-electron chi connectivity index (χ4n) is 0.845. The Labute approximate surface area is 98.0 Å². The molecule has 1 aromatic carbocycles. The Morgan fingerprint density at radius 1 is 1.58 bits per heavy atom. The van der Waals surface area contributed by atoms with Crippen LogP contribution in [-0.4, -0.2) is 0 Å². The fraction of sp³-hybridized carbons (Fsp3) is 0.125. The number of hydrogen-bond donors (Lipinski definition) is 0. The van der Waals surface area contributed by atoms with Gasteiger partial charge in [0.25, 0.3) is 0 Å². The summed E-state index contributed by atoms with van der Waals surface area (Å²) in [6.07, 6.45) is 0. The minimum atomic E-state index is 0.521. The van der Waals surface area contributed by atoms with Gasteiger partial charge < -0.3 is 0 Å². The highest BCUT2D eigenvalue weighted by molar-refractivity contribution is 14.1. The Morgan fingerprint density at radius 2 is 2.25 bits per heavy atom. The van der Waals surface area contributed by atoms with Crippen molar-refractivity contribution in [2.45, 2.75) is 5.33 Å². The van der Waals surface area contributed by atoms with Crippen molar-refractivity contribution in [2.75, 3.05) is 0 Å². The zero-order chi connectivity index (χ0) is 9.14. The van der Waals surface area contributed by atoms with E-state index in [9.17, 15) is 0 Å². The monoisotopic (exact) mass is 355 g/mol. The zero-order valence-corrected chi connectivity index (χ0v) is 10.4. The van der Waals surface area contributed by atoms with Gasteiger partial charge in [-0.15, -0.1) is 0 Å². The van der Waals surface area contributed by atoms with E-state index in [0.717, 1.165) is 9.13 Å². The van der Waals surface area contributed by atoms with Crippen LogP contribution in [0, 0.1) is 14.9 Å². The Hall–Kier alpha value is 0.210. The minimum absolute atomic E-state index is 0.521. The second-order valence-electron chi connectivity index (χ2n) is 2.13. The first-order valence-corrected chi connectivity index (χ1v) is 5.71. The molecule has 4 heteroatoms. The molecule has 62 valence electrons. The second kappa shape index (κ2) is 4.45. The largest absolute Gasteiger partial charge is 0.192 e. The van der Waals surface area contributed by atoms with Gasteiger partial charge >= 0.3 is 0 Å². The van der Waals surface area contributed by atoms with Gasteiger partial charge in [0.05, 0.1) is 10.6 Å². The lowest BCUT2D eigenvalue weighted by atomic mass is 10.1. The highest BCUT2D eigenvalue weighted by atomic mass is 127. The molecule has 0 amide bonds. The van der Waals surface area contributed by atoms with Crippen molar-refractivity contribution in [1.82, 2.24) is 0 Å². The first-order chi connectivity index (χ1) is 5.70. The summed E-state index contributed by atoms with van der Waals surface area (Å²) in [5.74, 6) is 0. The van der Waals surface area contributed by atoms with Gasteiger partial charge in [0.1, 0.15) is 6.07 Å². The standard InChI is InChI=1S/C8H4BrClIN/c9-3-5-6(4-12)7(10)1-2-8(5)11/h1-2H,3H2. The first-order valence-electron chi connectivity index (χ1n) is 3.13. The van der Waals surface area contributed by atoms with Gasteiger partial charge in [-0.05, 0) is 40.3 Å². The molecule has 0 heterocycles. The van der Waals surface area contributed by atoms with Crippen LogP contribution < -0.4 is 0 Å². The van der Waals surface area contributed by atoms with Crippen molar-refractivity contribution < 1.29 is 0 Å². The molecule has 0 spiro atoms. The van der Waals surface area contributed by atoms with Crippen molar-refractivity contribution in [1.29, 1.82) is 5.26 Å². The van der Waals surface area contributed by atoms with Crippen LogP contribution in [0.15, 0.2) is 12.1 Å². The summed E-state index contributed by atoms with van der Waals surface area (Å²) in [7, 11) is 0. The maximum Gasteiger partial charge on any atom is 0.101 e. The normalized spacial score (nSPS) is 9.50. The Balaban J connectivity index is 3.41. The molecule has 0 aliphatic heterocycles. The predicted octanol–water partition coefficient (Wildman–Crippen LogP) is 3.71. The second-order valence-corrected chi connectivity index (χ2v) is 4.26. The molecular weight excluding hydrogens is 352 g/mol. The van der Waals surface area contributed by atoms with E-state index in [2.05, 4.69) is 44.6 Å². The predicted molar refractivity (Wildman–Crippen MR) is 61.5 cm³/mol. The van der Waals surface area contributed by atoms with Crippen molar-refractivity contribution in [2.24, 2.45) is 0 Å². The van der Waals surface area contributed by atoms with E-state index in [-0.39, 0.29) is 0 Å². The summed E-state index contributed by atoms with van der Waals surface area (Å²) in [4.78, 5) is 0. The van der Waals surface area contributed by atoms with Crippen LogP contribution in [0.25, 0.3) is 0 Å². The topological polar surface area (TPSA) is 23.8 Å². The van der Waals surface area contributed by atoms with Crippen LogP contribution >= 0.6 is 50.1 Å². The third kappa shape index (κ3) is 1.93. The first kappa shape index (κ1) is 10.3. The Bertz CT molecular complexity index is 346. The number of halogens is 3. The van der Waals surface area contributed by atoms with Gasteiger partial charge in [-0.3, -0.25) is 0 Å². The summed E-state index contributed by atoms with van der Waals surface area (Å²) >= 11 is 11.3. The smallest absolute Gasteiger partial charge is 0.101 e. The molecule has 12 heavy (non-hydrogen) atoms. The molecular formula is C8H4BrClIN. The van der Waals surface area contributed by atoms with E-state index in [1.54, 1.807) is 6.07 Å². The quantitative estimate of drug-likeness (QED) is 0.556. The molecule has 1 nitrogen and oxygen atoms in total. The molecule has 0 bridgehead atoms. The van der Waals surface area contributed by atoms with E-state index in [4.69, 9.17) is 16.9 Å². The number of rotatable bonds is 1. The Kier molecular flexibility index (Phi) is 3.81. The van der Waals surface area contributed by atoms with Gasteiger partial charge in [0, 0.05) is 8.90 Å². The fourth-order valence-corrected chi connectivity index (χ4v) is 2.81. The van der Waals surface area contributed by atoms with Crippen molar-refractivity contribution in [3.8, 4) is 6.07 Å². The van der Waals surface area contributed by atoms with Crippen molar-refractivity contribution in [3.63, 3.8) is 0 Å². The number of nitrogens with zero attached hydrogens (tertiary/aromatic N) is 1. The number of nitriles is 1. The summed E-state index contributed by atoms with van der Waals surface area (Å²) in [6, 6.07) is 5.74.